The van der Waals surface area contributed by atoms with E-state index in [2.05, 4.69) is 41.3 Å². The molecule has 8 nitrogen and oxygen atoms in total. The number of hydrogen-bond donors (Lipinski definition) is 3. The summed E-state index contributed by atoms with van der Waals surface area (Å²) < 4.78 is 18.4. The number of carbonyl (C=O) groups is 3. The van der Waals surface area contributed by atoms with Crippen LogP contribution in [0.1, 0.15) is 0 Å². The van der Waals surface area contributed by atoms with Gasteiger partial charge < -0.3 is 24.1 Å². The zero-order valence-electron chi connectivity index (χ0n) is 10.3. The van der Waals surface area contributed by atoms with Gasteiger partial charge in [0.05, 0.1) is 24.7 Å². The molecule has 0 heterocycles. The van der Waals surface area contributed by atoms with Crippen LogP contribution in [0.2, 0.25) is 0 Å². The minimum absolute atomic E-state index is 0.327. The Morgan fingerprint density at radius 1 is 1.15 bits per heavy atom. The maximum absolute atomic E-state index is 11.3. The van der Waals surface area contributed by atoms with E-state index in [1.807, 2.05) is 0 Å². The summed E-state index contributed by atoms with van der Waals surface area (Å²) in [6, 6.07) is 0. The molecule has 0 aliphatic rings. The first-order valence-corrected chi connectivity index (χ1v) is 6.45. The third kappa shape index (κ3) is 6.80. The zero-order valence-corrected chi connectivity index (χ0v) is 12.1. The largest absolute Gasteiger partial charge is 0.521 e. The Kier molecular flexibility index (Phi) is 9.05. The zero-order chi connectivity index (χ0) is 15.6. The van der Waals surface area contributed by atoms with Crippen LogP contribution in [-0.2, 0) is 28.5 Å². The van der Waals surface area contributed by atoms with Gasteiger partial charge >= 0.3 is 24.1 Å². The smallest absolute Gasteiger partial charge is 0.394 e. The highest BCUT2D eigenvalue weighted by Gasteiger charge is 2.38. The summed E-state index contributed by atoms with van der Waals surface area (Å²) in [4.78, 5) is 33.4. The molecule has 0 fully saturated rings. The van der Waals surface area contributed by atoms with E-state index in [9.17, 15) is 14.4 Å². The fraction of sp³-hybridized carbons (Fsp3) is 0.500. The van der Waals surface area contributed by atoms with E-state index in [1.54, 1.807) is 0 Å². The Morgan fingerprint density at radius 2 is 1.75 bits per heavy atom. The van der Waals surface area contributed by atoms with Gasteiger partial charge in [-0.15, -0.1) is 0 Å². The van der Waals surface area contributed by atoms with Gasteiger partial charge in [-0.25, -0.2) is 4.79 Å². The summed E-state index contributed by atoms with van der Waals surface area (Å²) in [5.74, 6) is -4.87. The standard InChI is InChI=1S/C10H14O8S2/c1-2-10(15-4-3-11,17-8(13)6-20)18-9(14)16-7(12)5-19/h2,11,19-20H,1,3-6H2. The molecule has 0 aromatic carbocycles. The van der Waals surface area contributed by atoms with Crippen molar-refractivity contribution in [3.05, 3.63) is 12.7 Å². The Labute approximate surface area is 125 Å². The monoisotopic (exact) mass is 326 g/mol. The van der Waals surface area contributed by atoms with Crippen molar-refractivity contribution >= 4 is 43.4 Å². The minimum Gasteiger partial charge on any atom is -0.394 e. The number of ether oxygens (including phenoxy) is 4. The molecule has 0 spiro atoms. The van der Waals surface area contributed by atoms with Crippen molar-refractivity contribution in [2.45, 2.75) is 5.97 Å². The fourth-order valence-electron chi connectivity index (χ4n) is 0.863. The first-order valence-electron chi connectivity index (χ1n) is 5.18. The number of esters is 2. The average molecular weight is 326 g/mol. The number of hydrogen-bond acceptors (Lipinski definition) is 10. The molecule has 20 heavy (non-hydrogen) atoms. The molecule has 0 aliphatic heterocycles. The molecule has 0 saturated heterocycles. The van der Waals surface area contributed by atoms with Crippen molar-refractivity contribution in [2.75, 3.05) is 24.7 Å². The topological polar surface area (TPSA) is 108 Å². The predicted octanol–water partition coefficient (Wildman–Crippen LogP) is -0.0823. The van der Waals surface area contributed by atoms with Crippen LogP contribution in [0, 0.1) is 0 Å². The summed E-state index contributed by atoms with van der Waals surface area (Å²) in [6.45, 7) is 2.51. The number of aliphatic hydroxyl groups excluding tert-OH is 1. The van der Waals surface area contributed by atoms with Gasteiger partial charge in [0, 0.05) is 6.08 Å². The lowest BCUT2D eigenvalue weighted by molar-refractivity contribution is -0.312. The minimum atomic E-state index is -2.32. The third-order valence-corrected chi connectivity index (χ3v) is 2.10. The Hall–Kier alpha value is -1.23. The van der Waals surface area contributed by atoms with E-state index in [0.29, 0.717) is 0 Å². The normalized spacial score (nSPS) is 12.9. The highest BCUT2D eigenvalue weighted by Crippen LogP contribution is 2.19. The number of carbonyl (C=O) groups excluding carboxylic acids is 3. The molecule has 0 bridgehead atoms. The first-order chi connectivity index (χ1) is 9.42. The van der Waals surface area contributed by atoms with Crippen LogP contribution in [0.15, 0.2) is 12.7 Å². The van der Waals surface area contributed by atoms with E-state index in [4.69, 9.17) is 14.6 Å². The van der Waals surface area contributed by atoms with Crippen molar-refractivity contribution in [1.82, 2.24) is 0 Å². The molecule has 0 saturated carbocycles. The molecule has 10 heteroatoms. The van der Waals surface area contributed by atoms with Crippen molar-refractivity contribution < 1.29 is 38.4 Å². The molecular formula is C10H14O8S2. The van der Waals surface area contributed by atoms with Crippen LogP contribution in [0.3, 0.4) is 0 Å². The Bertz CT molecular complexity index is 372. The molecular weight excluding hydrogens is 312 g/mol. The molecule has 0 aliphatic carbocycles. The van der Waals surface area contributed by atoms with Crippen LogP contribution in [-0.4, -0.2) is 53.9 Å². The average Bonchev–Trinajstić information content (AvgIpc) is 2.44. The highest BCUT2D eigenvalue weighted by atomic mass is 32.1. The Balaban J connectivity index is 4.89. The Morgan fingerprint density at radius 3 is 2.20 bits per heavy atom. The van der Waals surface area contributed by atoms with Gasteiger partial charge in [0.2, 0.25) is 0 Å². The maximum atomic E-state index is 11.3. The first kappa shape index (κ1) is 18.8. The SMILES string of the molecule is C=CC(OCCO)(OC(=O)CS)OC(=O)OC(=O)CS. The number of rotatable bonds is 8. The fourth-order valence-corrected chi connectivity index (χ4v) is 0.992. The van der Waals surface area contributed by atoms with Crippen molar-refractivity contribution in [3.63, 3.8) is 0 Å². The molecule has 1 N–H and O–H groups in total. The van der Waals surface area contributed by atoms with E-state index < -0.39 is 30.7 Å². The second kappa shape index (κ2) is 9.64. The van der Waals surface area contributed by atoms with Gasteiger partial charge in [-0.05, 0) is 0 Å². The molecule has 0 aromatic rings. The van der Waals surface area contributed by atoms with Crippen LogP contribution < -0.4 is 0 Å². The molecule has 0 aromatic heterocycles. The molecule has 1 unspecified atom stereocenters. The van der Waals surface area contributed by atoms with Crippen LogP contribution in [0.5, 0.6) is 0 Å². The second-order valence-electron chi connectivity index (χ2n) is 3.00. The van der Waals surface area contributed by atoms with Gasteiger partial charge in [0.1, 0.15) is 0 Å². The number of aliphatic hydroxyl groups is 1. The summed E-state index contributed by atoms with van der Waals surface area (Å²) in [5.41, 5.74) is 0. The van der Waals surface area contributed by atoms with Crippen molar-refractivity contribution in [1.29, 1.82) is 0 Å². The molecule has 114 valence electrons. The second-order valence-corrected chi connectivity index (χ2v) is 3.63. The van der Waals surface area contributed by atoms with E-state index >= 15 is 0 Å². The maximum Gasteiger partial charge on any atom is 0.521 e. The summed E-state index contributed by atoms with van der Waals surface area (Å²) in [5, 5.41) is 8.68. The van der Waals surface area contributed by atoms with Gasteiger partial charge in [0.25, 0.3) is 0 Å². The molecule has 0 rings (SSSR count). The van der Waals surface area contributed by atoms with E-state index in [-0.39, 0.29) is 18.1 Å². The molecule has 0 amide bonds. The lowest BCUT2D eigenvalue weighted by Gasteiger charge is -2.27. The van der Waals surface area contributed by atoms with Crippen molar-refractivity contribution in [2.24, 2.45) is 0 Å². The van der Waals surface area contributed by atoms with E-state index in [0.717, 1.165) is 6.08 Å². The summed E-state index contributed by atoms with van der Waals surface area (Å²) >= 11 is 7.26. The summed E-state index contributed by atoms with van der Waals surface area (Å²) in [6.07, 6.45) is -0.634. The summed E-state index contributed by atoms with van der Waals surface area (Å²) in [7, 11) is 0. The molecule has 1 atom stereocenters. The lowest BCUT2D eigenvalue weighted by Crippen LogP contribution is -2.42. The third-order valence-electron chi connectivity index (χ3n) is 1.58. The lowest BCUT2D eigenvalue weighted by atomic mass is 10.5. The van der Waals surface area contributed by atoms with E-state index in [1.165, 1.54) is 0 Å². The van der Waals surface area contributed by atoms with Crippen LogP contribution >= 0.6 is 25.3 Å². The van der Waals surface area contributed by atoms with Crippen LogP contribution in [0.25, 0.3) is 0 Å². The van der Waals surface area contributed by atoms with Gasteiger partial charge in [-0.3, -0.25) is 9.59 Å². The van der Waals surface area contributed by atoms with Gasteiger partial charge in [-0.1, -0.05) is 6.58 Å². The predicted molar refractivity (Wildman–Crippen MR) is 72.3 cm³/mol. The van der Waals surface area contributed by atoms with Gasteiger partial charge in [-0.2, -0.15) is 25.3 Å². The highest BCUT2D eigenvalue weighted by molar-refractivity contribution is 7.81. The molecule has 0 radical (unpaired) electrons. The van der Waals surface area contributed by atoms with Crippen molar-refractivity contribution in [3.8, 4) is 0 Å². The number of thiol groups is 2. The van der Waals surface area contributed by atoms with Gasteiger partial charge in [0.15, 0.2) is 0 Å². The quantitative estimate of drug-likeness (QED) is 0.187. The van der Waals surface area contributed by atoms with Crippen LogP contribution in [0.4, 0.5) is 4.79 Å².